The van der Waals surface area contributed by atoms with Crippen LogP contribution in [-0.4, -0.2) is 13.2 Å². The Labute approximate surface area is 88.5 Å². The number of hydrogen-bond donors (Lipinski definition) is 0. The van der Waals surface area contributed by atoms with E-state index in [4.69, 9.17) is 4.74 Å². The number of ether oxygens (including phenoxy) is 1. The second-order valence-electron chi connectivity index (χ2n) is 6.37. The van der Waals surface area contributed by atoms with Crippen LogP contribution < -0.4 is 0 Å². The molecule has 1 heterocycles. The molecule has 0 aliphatic carbocycles. The molecular weight excluding hydrogens is 172 g/mol. The average Bonchev–Trinajstić information content (AvgIpc) is 2.01. The maximum atomic E-state index is 5.56. The Hall–Kier alpha value is -0.300. The Morgan fingerprint density at radius 3 is 2.07 bits per heavy atom. The number of rotatable bonds is 0. The van der Waals surface area contributed by atoms with E-state index in [1.54, 1.807) is 5.57 Å². The summed E-state index contributed by atoms with van der Waals surface area (Å²) in [5.41, 5.74) is 2.15. The molecule has 0 saturated carbocycles. The molecule has 1 heteroatoms. The van der Waals surface area contributed by atoms with E-state index in [1.165, 1.54) is 0 Å². The van der Waals surface area contributed by atoms with Crippen LogP contribution in [0.2, 0.25) is 0 Å². The Morgan fingerprint density at radius 2 is 1.71 bits per heavy atom. The van der Waals surface area contributed by atoms with Crippen molar-refractivity contribution in [2.75, 3.05) is 13.2 Å². The third kappa shape index (κ3) is 2.60. The van der Waals surface area contributed by atoms with Crippen LogP contribution in [0.1, 0.15) is 41.5 Å². The summed E-state index contributed by atoms with van der Waals surface area (Å²) in [5, 5.41) is 0. The van der Waals surface area contributed by atoms with E-state index in [1.807, 2.05) is 0 Å². The molecule has 0 radical (unpaired) electrons. The fraction of sp³-hybridized carbons (Fsp3) is 0.846. The third-order valence-electron chi connectivity index (χ3n) is 2.99. The monoisotopic (exact) mass is 196 g/mol. The highest BCUT2D eigenvalue weighted by Crippen LogP contribution is 2.42. The fourth-order valence-corrected chi connectivity index (χ4v) is 2.11. The molecule has 1 atom stereocenters. The van der Waals surface area contributed by atoms with Crippen molar-refractivity contribution in [3.05, 3.63) is 11.6 Å². The van der Waals surface area contributed by atoms with Crippen LogP contribution in [0, 0.1) is 16.7 Å². The van der Waals surface area contributed by atoms with Crippen LogP contribution in [0.4, 0.5) is 0 Å². The highest BCUT2D eigenvalue weighted by molar-refractivity contribution is 5.19. The maximum absolute atomic E-state index is 5.56. The van der Waals surface area contributed by atoms with Crippen molar-refractivity contribution < 1.29 is 4.74 Å². The van der Waals surface area contributed by atoms with Gasteiger partial charge in [-0.25, -0.2) is 0 Å². The second kappa shape index (κ2) is 3.69. The standard InChI is InChI=1S/C13H24O/c1-12(2,3)10-7-8-14-9-11(10)13(4,5)6/h7,11H,8-9H2,1-6H3. The predicted molar refractivity (Wildman–Crippen MR) is 61.3 cm³/mol. The van der Waals surface area contributed by atoms with Gasteiger partial charge < -0.3 is 4.74 Å². The van der Waals surface area contributed by atoms with Crippen LogP contribution >= 0.6 is 0 Å². The molecule has 0 amide bonds. The molecule has 0 aromatic carbocycles. The summed E-state index contributed by atoms with van der Waals surface area (Å²) >= 11 is 0. The molecule has 0 saturated heterocycles. The zero-order valence-corrected chi connectivity index (χ0v) is 10.5. The molecule has 1 rings (SSSR count). The molecule has 1 nitrogen and oxygen atoms in total. The van der Waals surface area contributed by atoms with E-state index in [0.29, 0.717) is 11.3 Å². The molecular formula is C13H24O. The molecule has 0 spiro atoms. The lowest BCUT2D eigenvalue weighted by molar-refractivity contribution is 0.0624. The van der Waals surface area contributed by atoms with Gasteiger partial charge in [0.2, 0.25) is 0 Å². The van der Waals surface area contributed by atoms with Crippen molar-refractivity contribution in [3.63, 3.8) is 0 Å². The zero-order chi connectivity index (χ0) is 11.0. The molecule has 82 valence electrons. The van der Waals surface area contributed by atoms with Crippen LogP contribution in [0.5, 0.6) is 0 Å². The van der Waals surface area contributed by atoms with E-state index >= 15 is 0 Å². The minimum absolute atomic E-state index is 0.279. The maximum Gasteiger partial charge on any atom is 0.0650 e. The van der Waals surface area contributed by atoms with Gasteiger partial charge in [0.25, 0.3) is 0 Å². The molecule has 1 aliphatic heterocycles. The van der Waals surface area contributed by atoms with Gasteiger partial charge in [-0.1, -0.05) is 53.2 Å². The second-order valence-corrected chi connectivity index (χ2v) is 6.37. The smallest absolute Gasteiger partial charge is 0.0650 e. The van der Waals surface area contributed by atoms with Gasteiger partial charge in [-0.05, 0) is 10.8 Å². The summed E-state index contributed by atoms with van der Waals surface area (Å²) in [6, 6.07) is 0. The van der Waals surface area contributed by atoms with E-state index in [2.05, 4.69) is 47.6 Å². The molecule has 0 bridgehead atoms. The molecule has 14 heavy (non-hydrogen) atoms. The summed E-state index contributed by atoms with van der Waals surface area (Å²) in [7, 11) is 0. The normalized spacial score (nSPS) is 24.7. The van der Waals surface area contributed by atoms with Crippen LogP contribution in [0.3, 0.4) is 0 Å². The first-order valence-corrected chi connectivity index (χ1v) is 5.51. The first-order valence-electron chi connectivity index (χ1n) is 5.51. The first kappa shape index (κ1) is 11.8. The van der Waals surface area contributed by atoms with Gasteiger partial charge in [0.1, 0.15) is 0 Å². The summed E-state index contributed by atoms with van der Waals surface area (Å²) in [5.74, 6) is 0.566. The lowest BCUT2D eigenvalue weighted by Crippen LogP contribution is -2.35. The van der Waals surface area contributed by atoms with Crippen molar-refractivity contribution in [1.82, 2.24) is 0 Å². The van der Waals surface area contributed by atoms with Gasteiger partial charge in [-0.15, -0.1) is 0 Å². The predicted octanol–water partition coefficient (Wildman–Crippen LogP) is 3.65. The highest BCUT2D eigenvalue weighted by Gasteiger charge is 2.35. The largest absolute Gasteiger partial charge is 0.377 e. The van der Waals surface area contributed by atoms with Crippen LogP contribution in [-0.2, 0) is 4.74 Å². The first-order chi connectivity index (χ1) is 6.23. The van der Waals surface area contributed by atoms with Crippen molar-refractivity contribution in [3.8, 4) is 0 Å². The average molecular weight is 196 g/mol. The highest BCUT2D eigenvalue weighted by atomic mass is 16.5. The lowest BCUT2D eigenvalue weighted by Gasteiger charge is -2.40. The van der Waals surface area contributed by atoms with Gasteiger partial charge in [-0.3, -0.25) is 0 Å². The van der Waals surface area contributed by atoms with Gasteiger partial charge in [0.05, 0.1) is 13.2 Å². The summed E-state index contributed by atoms with van der Waals surface area (Å²) in [4.78, 5) is 0. The summed E-state index contributed by atoms with van der Waals surface area (Å²) in [6.07, 6.45) is 2.28. The molecule has 1 unspecified atom stereocenters. The molecule has 1 aliphatic rings. The van der Waals surface area contributed by atoms with E-state index in [0.717, 1.165) is 13.2 Å². The number of hydrogen-bond acceptors (Lipinski definition) is 1. The Balaban J connectivity index is 2.95. The van der Waals surface area contributed by atoms with Crippen LogP contribution in [0.15, 0.2) is 11.6 Å². The minimum Gasteiger partial charge on any atom is -0.377 e. The molecule has 0 aromatic heterocycles. The minimum atomic E-state index is 0.279. The van der Waals surface area contributed by atoms with Crippen molar-refractivity contribution >= 4 is 0 Å². The zero-order valence-electron chi connectivity index (χ0n) is 10.5. The Kier molecular flexibility index (Phi) is 3.10. The van der Waals surface area contributed by atoms with Gasteiger partial charge >= 0.3 is 0 Å². The van der Waals surface area contributed by atoms with Crippen molar-refractivity contribution in [2.45, 2.75) is 41.5 Å². The third-order valence-corrected chi connectivity index (χ3v) is 2.99. The van der Waals surface area contributed by atoms with Gasteiger partial charge in [0.15, 0.2) is 0 Å². The van der Waals surface area contributed by atoms with E-state index in [9.17, 15) is 0 Å². The SMILES string of the molecule is CC(C)(C)C1=CCOCC1C(C)(C)C. The molecule has 0 aromatic rings. The Bertz CT molecular complexity index is 225. The van der Waals surface area contributed by atoms with E-state index < -0.39 is 0 Å². The Morgan fingerprint density at radius 1 is 1.14 bits per heavy atom. The van der Waals surface area contributed by atoms with E-state index in [-0.39, 0.29) is 5.41 Å². The summed E-state index contributed by atoms with van der Waals surface area (Å²) < 4.78 is 5.56. The quantitative estimate of drug-likeness (QED) is 0.537. The summed E-state index contributed by atoms with van der Waals surface area (Å²) in [6.45, 7) is 15.4. The van der Waals surface area contributed by atoms with Crippen molar-refractivity contribution in [2.24, 2.45) is 16.7 Å². The fourth-order valence-electron chi connectivity index (χ4n) is 2.11. The van der Waals surface area contributed by atoms with Gasteiger partial charge in [0, 0.05) is 5.92 Å². The topological polar surface area (TPSA) is 9.23 Å². The van der Waals surface area contributed by atoms with Gasteiger partial charge in [-0.2, -0.15) is 0 Å². The molecule has 0 fully saturated rings. The molecule has 0 N–H and O–H groups in total. The lowest BCUT2D eigenvalue weighted by atomic mass is 9.68. The van der Waals surface area contributed by atoms with Crippen molar-refractivity contribution in [1.29, 1.82) is 0 Å². The van der Waals surface area contributed by atoms with Crippen LogP contribution in [0.25, 0.3) is 0 Å².